The fourth-order valence-corrected chi connectivity index (χ4v) is 1.08. The predicted octanol–water partition coefficient (Wildman–Crippen LogP) is 0.648. The lowest BCUT2D eigenvalue weighted by atomic mass is 10.5. The third-order valence-electron chi connectivity index (χ3n) is 1.12. The summed E-state index contributed by atoms with van der Waals surface area (Å²) in [5.74, 6) is 0. The molecule has 0 unspecified atom stereocenters. The second kappa shape index (κ2) is 3.81. The predicted molar refractivity (Wildman–Crippen MR) is 35.8 cm³/mol. The maximum atomic E-state index is 9.70. The number of nitrogens with zero attached hydrogens (tertiary/aromatic N) is 2. The van der Waals surface area contributed by atoms with Gasteiger partial charge in [-0.05, 0) is 0 Å². The fraction of sp³-hybridized carbons (Fsp3) is 1.00. The monoisotopic (exact) mass is 148 g/mol. The SMILES string of the molecule is O=NSN1CCOCC1. The second-order valence-electron chi connectivity index (χ2n) is 1.70. The zero-order valence-corrected chi connectivity index (χ0v) is 5.76. The summed E-state index contributed by atoms with van der Waals surface area (Å²) in [7, 11) is 0. The topological polar surface area (TPSA) is 41.9 Å². The minimum Gasteiger partial charge on any atom is -0.379 e. The van der Waals surface area contributed by atoms with E-state index in [-0.39, 0.29) is 0 Å². The maximum Gasteiger partial charge on any atom is 0.109 e. The van der Waals surface area contributed by atoms with Gasteiger partial charge in [-0.15, -0.1) is 4.91 Å². The van der Waals surface area contributed by atoms with Gasteiger partial charge in [0.05, 0.1) is 13.2 Å². The van der Waals surface area contributed by atoms with E-state index in [9.17, 15) is 4.91 Å². The van der Waals surface area contributed by atoms with Crippen LogP contribution in [-0.2, 0) is 4.74 Å². The highest BCUT2D eigenvalue weighted by Crippen LogP contribution is 2.11. The lowest BCUT2D eigenvalue weighted by Crippen LogP contribution is -2.30. The molecule has 1 saturated heterocycles. The van der Waals surface area contributed by atoms with Gasteiger partial charge in [-0.1, -0.05) is 0 Å². The Balaban J connectivity index is 2.15. The van der Waals surface area contributed by atoms with E-state index < -0.39 is 0 Å². The van der Waals surface area contributed by atoms with E-state index in [1.54, 1.807) is 0 Å². The molecule has 0 amide bonds. The van der Waals surface area contributed by atoms with Gasteiger partial charge < -0.3 is 4.74 Å². The Morgan fingerprint density at radius 3 is 2.67 bits per heavy atom. The van der Waals surface area contributed by atoms with E-state index in [1.165, 1.54) is 0 Å². The summed E-state index contributed by atoms with van der Waals surface area (Å²) in [6, 6.07) is 0. The molecule has 0 bridgehead atoms. The summed E-state index contributed by atoms with van der Waals surface area (Å²) in [6.07, 6.45) is 0. The molecule has 1 fully saturated rings. The first-order valence-electron chi connectivity index (χ1n) is 2.76. The highest BCUT2D eigenvalue weighted by Gasteiger charge is 2.09. The highest BCUT2D eigenvalue weighted by molar-refractivity contribution is 7.95. The van der Waals surface area contributed by atoms with Crippen molar-refractivity contribution in [2.75, 3.05) is 26.3 Å². The van der Waals surface area contributed by atoms with Crippen molar-refractivity contribution in [2.24, 2.45) is 4.58 Å². The van der Waals surface area contributed by atoms with Gasteiger partial charge in [0.2, 0.25) is 0 Å². The third kappa shape index (κ3) is 2.30. The van der Waals surface area contributed by atoms with Crippen LogP contribution in [0.3, 0.4) is 0 Å². The summed E-state index contributed by atoms with van der Waals surface area (Å²) in [5.41, 5.74) is 0. The average Bonchev–Trinajstić information content (AvgIpc) is 1.91. The van der Waals surface area contributed by atoms with Crippen LogP contribution in [0, 0.1) is 4.91 Å². The zero-order chi connectivity index (χ0) is 6.53. The van der Waals surface area contributed by atoms with E-state index >= 15 is 0 Å². The van der Waals surface area contributed by atoms with E-state index in [1.807, 2.05) is 4.31 Å². The van der Waals surface area contributed by atoms with Crippen molar-refractivity contribution in [2.45, 2.75) is 0 Å². The number of hydrogen-bond acceptors (Lipinski definition) is 5. The van der Waals surface area contributed by atoms with Crippen LogP contribution in [0.1, 0.15) is 0 Å². The summed E-state index contributed by atoms with van der Waals surface area (Å²) in [6.45, 7) is 3.03. The van der Waals surface area contributed by atoms with Gasteiger partial charge in [0.1, 0.15) is 12.1 Å². The molecule has 0 aromatic carbocycles. The van der Waals surface area contributed by atoms with E-state index in [0.29, 0.717) is 13.2 Å². The molecule has 1 rings (SSSR count). The van der Waals surface area contributed by atoms with Crippen LogP contribution >= 0.6 is 12.1 Å². The molecule has 0 aliphatic carbocycles. The van der Waals surface area contributed by atoms with Crippen LogP contribution in [0.5, 0.6) is 0 Å². The van der Waals surface area contributed by atoms with Crippen molar-refractivity contribution >= 4 is 12.1 Å². The van der Waals surface area contributed by atoms with Crippen LogP contribution in [-0.4, -0.2) is 30.6 Å². The molecule has 9 heavy (non-hydrogen) atoms. The van der Waals surface area contributed by atoms with Gasteiger partial charge in [-0.3, -0.25) is 0 Å². The van der Waals surface area contributed by atoms with E-state index in [4.69, 9.17) is 4.74 Å². The number of nitroso groups, excluding NO2 is 1. The lowest BCUT2D eigenvalue weighted by Gasteiger charge is -2.21. The minimum atomic E-state index is 0.711. The summed E-state index contributed by atoms with van der Waals surface area (Å²) in [5, 5.41) is 0. The summed E-state index contributed by atoms with van der Waals surface area (Å²) < 4.78 is 9.63. The molecule has 1 aliphatic rings. The molecule has 0 aromatic rings. The fourth-order valence-electron chi connectivity index (χ4n) is 0.675. The Kier molecular flexibility index (Phi) is 2.96. The zero-order valence-electron chi connectivity index (χ0n) is 4.95. The first-order chi connectivity index (χ1) is 4.43. The van der Waals surface area contributed by atoms with Gasteiger partial charge in [-0.2, -0.15) is 0 Å². The van der Waals surface area contributed by atoms with Crippen molar-refractivity contribution in [3.63, 3.8) is 0 Å². The first-order valence-corrected chi connectivity index (χ1v) is 3.49. The molecule has 0 aromatic heterocycles. The molecular formula is C4H8N2O2S. The molecule has 1 heterocycles. The summed E-state index contributed by atoms with van der Waals surface area (Å²) >= 11 is 0.975. The molecule has 5 heteroatoms. The van der Waals surface area contributed by atoms with E-state index in [0.717, 1.165) is 25.2 Å². The normalized spacial score (nSPS) is 21.8. The molecular weight excluding hydrogens is 140 g/mol. The number of ether oxygens (including phenoxy) is 1. The molecule has 4 nitrogen and oxygen atoms in total. The molecule has 1 aliphatic heterocycles. The van der Waals surface area contributed by atoms with Crippen LogP contribution < -0.4 is 0 Å². The largest absolute Gasteiger partial charge is 0.379 e. The van der Waals surface area contributed by atoms with Crippen molar-refractivity contribution < 1.29 is 4.74 Å². The quantitative estimate of drug-likeness (QED) is 0.426. The Morgan fingerprint density at radius 1 is 1.44 bits per heavy atom. The van der Waals surface area contributed by atoms with Crippen molar-refractivity contribution in [3.05, 3.63) is 4.91 Å². The Bertz CT molecular complexity index is 94.6. The Hall–Kier alpha value is -0.130. The lowest BCUT2D eigenvalue weighted by molar-refractivity contribution is 0.0773. The van der Waals surface area contributed by atoms with Gasteiger partial charge in [0, 0.05) is 17.7 Å². The first kappa shape index (κ1) is 6.98. The maximum absolute atomic E-state index is 9.70. The smallest absolute Gasteiger partial charge is 0.109 e. The molecule has 0 atom stereocenters. The number of morpholine rings is 1. The third-order valence-corrected chi connectivity index (χ3v) is 1.78. The van der Waals surface area contributed by atoms with Gasteiger partial charge in [0.15, 0.2) is 0 Å². The van der Waals surface area contributed by atoms with Gasteiger partial charge >= 0.3 is 0 Å². The Labute approximate surface area is 57.8 Å². The van der Waals surface area contributed by atoms with Crippen molar-refractivity contribution in [1.82, 2.24) is 4.31 Å². The van der Waals surface area contributed by atoms with Crippen molar-refractivity contribution in [3.8, 4) is 0 Å². The van der Waals surface area contributed by atoms with Crippen LogP contribution in [0.15, 0.2) is 4.58 Å². The number of rotatable bonds is 2. The number of hydrogen-bond donors (Lipinski definition) is 0. The molecule has 0 saturated carbocycles. The van der Waals surface area contributed by atoms with E-state index in [2.05, 4.69) is 4.58 Å². The Morgan fingerprint density at radius 2 is 2.11 bits per heavy atom. The second-order valence-corrected chi connectivity index (χ2v) is 2.53. The van der Waals surface area contributed by atoms with Crippen LogP contribution in [0.2, 0.25) is 0 Å². The minimum absolute atomic E-state index is 0.711. The molecule has 0 radical (unpaired) electrons. The molecule has 0 spiro atoms. The molecule has 52 valence electrons. The van der Waals surface area contributed by atoms with Gasteiger partial charge in [0.25, 0.3) is 0 Å². The summed E-state index contributed by atoms with van der Waals surface area (Å²) in [4.78, 5) is 9.70. The molecule has 0 N–H and O–H groups in total. The van der Waals surface area contributed by atoms with Crippen LogP contribution in [0.4, 0.5) is 0 Å². The standard InChI is InChI=1S/C4H8N2O2S/c7-5-9-6-1-3-8-4-2-6/h1-4H2. The van der Waals surface area contributed by atoms with Crippen molar-refractivity contribution in [1.29, 1.82) is 0 Å². The van der Waals surface area contributed by atoms with Crippen LogP contribution in [0.25, 0.3) is 0 Å². The average molecular weight is 148 g/mol. The highest BCUT2D eigenvalue weighted by atomic mass is 32.2. The van der Waals surface area contributed by atoms with Gasteiger partial charge in [-0.25, -0.2) is 4.31 Å².